The van der Waals surface area contributed by atoms with Gasteiger partial charge in [0, 0.05) is 6.42 Å². The quantitative estimate of drug-likeness (QED) is 0.155. The predicted molar refractivity (Wildman–Crippen MR) is 182 cm³/mol. The fourth-order valence-corrected chi connectivity index (χ4v) is 5.66. The Morgan fingerprint density at radius 1 is 0.917 bits per heavy atom. The summed E-state index contributed by atoms with van der Waals surface area (Å²) in [7, 11) is 0. The molecule has 2 aromatic carbocycles. The van der Waals surface area contributed by atoms with Crippen molar-refractivity contribution in [3.63, 3.8) is 0 Å². The topological polar surface area (TPSA) is 183 Å². The van der Waals surface area contributed by atoms with E-state index in [1.807, 2.05) is 48.5 Å². The lowest BCUT2D eigenvalue weighted by atomic mass is 9.88. The smallest absolute Gasteiger partial charge is 0.408 e. The van der Waals surface area contributed by atoms with Crippen molar-refractivity contribution in [2.24, 2.45) is 5.92 Å². The van der Waals surface area contributed by atoms with E-state index in [9.17, 15) is 29.1 Å². The monoisotopic (exact) mass is 666 g/mol. The van der Waals surface area contributed by atoms with E-state index in [2.05, 4.69) is 21.3 Å². The van der Waals surface area contributed by atoms with E-state index < -0.39 is 66.2 Å². The van der Waals surface area contributed by atoms with Gasteiger partial charge in [-0.2, -0.15) is 0 Å². The second kappa shape index (κ2) is 18.2. The van der Waals surface area contributed by atoms with E-state index in [-0.39, 0.29) is 18.8 Å². The van der Waals surface area contributed by atoms with Gasteiger partial charge in [0.25, 0.3) is 5.91 Å². The van der Waals surface area contributed by atoms with Crippen molar-refractivity contribution in [2.45, 2.75) is 109 Å². The molecule has 0 saturated heterocycles. The van der Waals surface area contributed by atoms with Gasteiger partial charge in [-0.3, -0.25) is 19.2 Å². The van der Waals surface area contributed by atoms with Crippen LogP contribution in [0.25, 0.3) is 10.8 Å². The average Bonchev–Trinajstić information content (AvgIpc) is 3.04. The number of carbonyl (C=O) groups excluding carboxylic acids is 4. The van der Waals surface area contributed by atoms with E-state index in [0.717, 1.165) is 48.4 Å². The van der Waals surface area contributed by atoms with Crippen LogP contribution >= 0.6 is 0 Å². The molecule has 1 fully saturated rings. The van der Waals surface area contributed by atoms with Crippen LogP contribution in [0.2, 0.25) is 0 Å². The average molecular weight is 667 g/mol. The number of carboxylic acids is 1. The number of carbonyl (C=O) groups is 5. The second-order valence-electron chi connectivity index (χ2n) is 13.3. The molecule has 12 nitrogen and oxygen atoms in total. The predicted octanol–water partition coefficient (Wildman–Crippen LogP) is 3.74. The molecule has 0 heterocycles. The van der Waals surface area contributed by atoms with Gasteiger partial charge in [0.15, 0.2) is 6.10 Å². The maximum atomic E-state index is 13.9. The molecule has 0 aliphatic heterocycles. The summed E-state index contributed by atoms with van der Waals surface area (Å²) in [5.74, 6) is -3.26. The van der Waals surface area contributed by atoms with Crippen molar-refractivity contribution in [2.75, 3.05) is 6.54 Å². The van der Waals surface area contributed by atoms with E-state index in [0.29, 0.717) is 6.42 Å². The minimum Gasteiger partial charge on any atom is -0.480 e. The van der Waals surface area contributed by atoms with Gasteiger partial charge < -0.3 is 36.2 Å². The molecule has 3 unspecified atom stereocenters. The third kappa shape index (κ3) is 12.6. The van der Waals surface area contributed by atoms with Gasteiger partial charge in [-0.05, 0) is 62.3 Å². The minimum atomic E-state index is -1.73. The molecular weight excluding hydrogens is 616 g/mol. The highest BCUT2D eigenvalue weighted by molar-refractivity contribution is 5.93. The highest BCUT2D eigenvalue weighted by atomic mass is 16.6. The summed E-state index contributed by atoms with van der Waals surface area (Å²) in [5.41, 5.74) is -0.0573. The van der Waals surface area contributed by atoms with Crippen LogP contribution in [0.15, 0.2) is 54.6 Å². The molecule has 1 aliphatic carbocycles. The summed E-state index contributed by atoms with van der Waals surface area (Å²) in [6, 6.07) is 10.0. The van der Waals surface area contributed by atoms with Crippen molar-refractivity contribution < 1.29 is 38.9 Å². The summed E-state index contributed by atoms with van der Waals surface area (Å²) >= 11 is 0. The molecule has 1 saturated carbocycles. The van der Waals surface area contributed by atoms with Crippen LogP contribution in [0, 0.1) is 5.92 Å². The lowest BCUT2D eigenvalue weighted by Crippen LogP contribution is -2.58. The first kappa shape index (κ1) is 38.0. The van der Waals surface area contributed by atoms with Gasteiger partial charge in [-0.25, -0.2) is 4.79 Å². The molecule has 0 spiro atoms. The number of aliphatic carboxylic acids is 1. The van der Waals surface area contributed by atoms with Gasteiger partial charge in [0.1, 0.15) is 24.2 Å². The highest BCUT2D eigenvalue weighted by Gasteiger charge is 2.32. The maximum Gasteiger partial charge on any atom is 0.408 e. The molecule has 3 rings (SSSR count). The zero-order valence-corrected chi connectivity index (χ0v) is 28.3. The molecule has 48 heavy (non-hydrogen) atoms. The molecular formula is C36H50N4O8. The van der Waals surface area contributed by atoms with Crippen molar-refractivity contribution in [1.82, 2.24) is 21.3 Å². The Labute approximate surface area is 282 Å². The van der Waals surface area contributed by atoms with E-state index in [1.54, 1.807) is 33.8 Å². The molecule has 0 radical (unpaired) electrons. The number of alkyl carbamates (subject to hydrolysis) is 1. The van der Waals surface area contributed by atoms with Crippen LogP contribution < -0.4 is 21.3 Å². The second-order valence-corrected chi connectivity index (χ2v) is 13.3. The first-order valence-electron chi connectivity index (χ1n) is 16.7. The third-order valence-corrected chi connectivity index (χ3v) is 8.06. The molecule has 262 valence electrons. The maximum absolute atomic E-state index is 13.9. The van der Waals surface area contributed by atoms with Crippen molar-refractivity contribution in [3.8, 4) is 0 Å². The number of hydrogen-bond donors (Lipinski definition) is 6. The van der Waals surface area contributed by atoms with E-state index in [1.165, 1.54) is 0 Å². The molecule has 2 aromatic rings. The number of nitrogens with one attached hydrogen (secondary N) is 4. The van der Waals surface area contributed by atoms with Crippen molar-refractivity contribution >= 4 is 40.6 Å². The van der Waals surface area contributed by atoms with E-state index >= 15 is 0 Å². The zero-order valence-electron chi connectivity index (χ0n) is 28.3. The SMILES string of the molecule is CCCC(NC(=O)[C@H](Cc1ccc2ccccc2c1)NC(=O)C(/C=C/C1CCCCC1)NC(=O)OC(C)(C)C)C(O)C(=O)NCC(=O)O. The summed E-state index contributed by atoms with van der Waals surface area (Å²) in [5, 5.41) is 31.9. The fourth-order valence-electron chi connectivity index (χ4n) is 5.66. The summed E-state index contributed by atoms with van der Waals surface area (Å²) in [4.78, 5) is 63.9. The standard InChI is InChI=1S/C36H50N4O8/c1-5-11-27(31(43)34(46)37-22-30(41)42)38-33(45)29(21-24-16-18-25-14-9-10-15-26(25)20-24)39-32(44)28(40-35(47)48-36(2,3)4)19-17-23-12-7-6-8-13-23/h9-10,14-20,23,27-29,31,43H,5-8,11-13,21-22H2,1-4H3,(H,37,46)(H,38,45)(H,39,44)(H,40,47)(H,41,42)/b19-17+/t27?,28?,29-,31?/m0/s1. The van der Waals surface area contributed by atoms with E-state index in [4.69, 9.17) is 9.84 Å². The molecule has 12 heteroatoms. The number of amides is 4. The highest BCUT2D eigenvalue weighted by Crippen LogP contribution is 2.25. The first-order chi connectivity index (χ1) is 22.8. The summed E-state index contributed by atoms with van der Waals surface area (Å²) in [6.45, 7) is 6.26. The Morgan fingerprint density at radius 3 is 2.25 bits per heavy atom. The van der Waals surface area contributed by atoms with Crippen molar-refractivity contribution in [3.05, 3.63) is 60.2 Å². The molecule has 4 atom stereocenters. The number of hydrogen-bond acceptors (Lipinski definition) is 7. The lowest BCUT2D eigenvalue weighted by molar-refractivity contribution is -0.140. The molecule has 6 N–H and O–H groups in total. The number of carboxylic acid groups (broad SMARTS) is 1. The third-order valence-electron chi connectivity index (χ3n) is 8.06. The van der Waals surface area contributed by atoms with Crippen LogP contribution in [0.5, 0.6) is 0 Å². The number of fused-ring (bicyclic) bond motifs is 1. The van der Waals surface area contributed by atoms with Crippen LogP contribution in [-0.2, 0) is 30.3 Å². The molecule has 0 aromatic heterocycles. The number of aliphatic hydroxyl groups is 1. The van der Waals surface area contributed by atoms with Crippen LogP contribution in [0.1, 0.15) is 78.2 Å². The Bertz CT molecular complexity index is 1450. The molecule has 0 bridgehead atoms. The van der Waals surface area contributed by atoms with Crippen molar-refractivity contribution in [1.29, 1.82) is 0 Å². The zero-order chi connectivity index (χ0) is 35.3. The fraction of sp³-hybridized carbons (Fsp3) is 0.528. The van der Waals surface area contributed by atoms with Crippen LogP contribution in [0.3, 0.4) is 0 Å². The van der Waals surface area contributed by atoms with Crippen LogP contribution in [0.4, 0.5) is 4.79 Å². The van der Waals surface area contributed by atoms with Gasteiger partial charge in [-0.1, -0.05) is 87.2 Å². The van der Waals surface area contributed by atoms with Gasteiger partial charge in [0.2, 0.25) is 11.8 Å². The number of allylic oxidation sites excluding steroid dienone is 1. The van der Waals surface area contributed by atoms with Gasteiger partial charge in [0.05, 0.1) is 6.04 Å². The summed E-state index contributed by atoms with van der Waals surface area (Å²) < 4.78 is 5.42. The summed E-state index contributed by atoms with van der Waals surface area (Å²) in [6.07, 6.45) is 7.09. The number of ether oxygens (including phenoxy) is 1. The Hall–Kier alpha value is -4.45. The Morgan fingerprint density at radius 2 is 1.60 bits per heavy atom. The first-order valence-corrected chi connectivity index (χ1v) is 16.7. The lowest BCUT2D eigenvalue weighted by Gasteiger charge is -2.27. The molecule has 4 amide bonds. The Kier molecular flexibility index (Phi) is 14.4. The minimum absolute atomic E-state index is 0.0635. The molecule has 1 aliphatic rings. The Balaban J connectivity index is 1.89. The largest absolute Gasteiger partial charge is 0.480 e. The van der Waals surface area contributed by atoms with Crippen LogP contribution in [-0.4, -0.2) is 76.4 Å². The van der Waals surface area contributed by atoms with Gasteiger partial charge >= 0.3 is 12.1 Å². The number of aliphatic hydroxyl groups excluding tert-OH is 1. The normalized spacial score (nSPS) is 16.4. The number of benzene rings is 2. The number of rotatable bonds is 15. The van der Waals surface area contributed by atoms with Gasteiger partial charge in [-0.15, -0.1) is 0 Å².